The molecule has 0 aromatic heterocycles. The molecule has 4 aromatic rings. The zero-order valence-corrected chi connectivity index (χ0v) is 21.4. The summed E-state index contributed by atoms with van der Waals surface area (Å²) in [5, 5.41) is 6.22. The van der Waals surface area contributed by atoms with Crippen LogP contribution >= 0.6 is 0 Å². The first-order valence-electron chi connectivity index (χ1n) is 12.6. The molecule has 0 saturated heterocycles. The number of benzene rings is 4. The number of carbonyl (C=O) groups is 1. The van der Waals surface area contributed by atoms with Gasteiger partial charge in [0.25, 0.3) is 0 Å². The second-order valence-electron chi connectivity index (χ2n) is 9.23. The molecule has 2 atom stereocenters. The Balaban J connectivity index is 1.33. The van der Waals surface area contributed by atoms with Crippen LogP contribution in [0.3, 0.4) is 0 Å². The van der Waals surface area contributed by atoms with Crippen molar-refractivity contribution in [2.24, 2.45) is 0 Å². The monoisotopic (exact) mass is 496 g/mol. The average molecular weight is 497 g/mol. The van der Waals surface area contributed by atoms with Gasteiger partial charge < -0.3 is 24.4 Å². The lowest BCUT2D eigenvalue weighted by atomic mass is 9.99. The number of para-hydroxylation sites is 2. The van der Waals surface area contributed by atoms with E-state index < -0.39 is 5.97 Å². The summed E-state index contributed by atoms with van der Waals surface area (Å²) >= 11 is 0. The maximum Gasteiger partial charge on any atom is 0.341 e. The Bertz CT molecular complexity index is 1400. The zero-order valence-electron chi connectivity index (χ0n) is 21.4. The summed E-state index contributed by atoms with van der Waals surface area (Å²) in [6, 6.07) is 28.8. The van der Waals surface area contributed by atoms with Crippen LogP contribution < -0.4 is 19.7 Å². The van der Waals surface area contributed by atoms with E-state index in [0.717, 1.165) is 30.1 Å². The van der Waals surface area contributed by atoms with Crippen LogP contribution in [0, 0.1) is 0 Å². The molecule has 4 aromatic carbocycles. The van der Waals surface area contributed by atoms with Crippen molar-refractivity contribution in [2.45, 2.75) is 25.5 Å². The largest absolute Gasteiger partial charge is 0.496 e. The van der Waals surface area contributed by atoms with Gasteiger partial charge in [0.1, 0.15) is 23.2 Å². The molecule has 1 aliphatic rings. The molecule has 5 rings (SSSR count). The normalized spacial score (nSPS) is 15.5. The first-order chi connectivity index (χ1) is 18.1. The molecule has 1 heterocycles. The predicted molar refractivity (Wildman–Crippen MR) is 147 cm³/mol. The number of fused-ring (bicyclic) bond motifs is 2. The Hall–Kier alpha value is -4.03. The van der Waals surface area contributed by atoms with Gasteiger partial charge in [-0.05, 0) is 66.6 Å². The molecule has 6 heteroatoms. The second-order valence-corrected chi connectivity index (χ2v) is 9.23. The van der Waals surface area contributed by atoms with Crippen molar-refractivity contribution < 1.29 is 19.0 Å². The van der Waals surface area contributed by atoms with Crippen LogP contribution in [0.25, 0.3) is 10.8 Å². The minimum absolute atomic E-state index is 0.0224. The number of carbonyl (C=O) groups excluding carboxylic acids is 1. The molecule has 0 radical (unpaired) electrons. The lowest BCUT2D eigenvalue weighted by Crippen LogP contribution is -2.39. The van der Waals surface area contributed by atoms with E-state index in [9.17, 15) is 4.79 Å². The van der Waals surface area contributed by atoms with Crippen LogP contribution in [-0.2, 0) is 4.74 Å². The molecule has 190 valence electrons. The average Bonchev–Trinajstić information content (AvgIpc) is 2.95. The molecule has 1 N–H and O–H groups in total. The topological polar surface area (TPSA) is 60.0 Å². The van der Waals surface area contributed by atoms with Gasteiger partial charge in [-0.2, -0.15) is 0 Å². The Labute approximate surface area is 217 Å². The van der Waals surface area contributed by atoms with Crippen LogP contribution in [0.5, 0.6) is 11.5 Å². The predicted octanol–water partition coefficient (Wildman–Crippen LogP) is 6.28. The van der Waals surface area contributed by atoms with E-state index >= 15 is 0 Å². The standard InChI is InChI=1S/C31H32N2O4/c1-21(25-12-8-10-22-9-4-5-11-26(22)25)32-18-17-24-20-33(28-13-6-7-14-30(28)37-24)23-15-16-29(35-2)27(19-23)31(34)36-3/h4-16,19,21,24,32H,17-18,20H2,1-3H3. The van der Waals surface area contributed by atoms with E-state index in [2.05, 4.69) is 59.6 Å². The highest BCUT2D eigenvalue weighted by Gasteiger charge is 2.28. The molecule has 0 fully saturated rings. The Kier molecular flexibility index (Phi) is 7.28. The first-order valence-corrected chi connectivity index (χ1v) is 12.6. The van der Waals surface area contributed by atoms with Gasteiger partial charge in [-0.15, -0.1) is 0 Å². The molecule has 1 aliphatic heterocycles. The van der Waals surface area contributed by atoms with Crippen LogP contribution in [0.2, 0.25) is 0 Å². The number of hydrogen-bond donors (Lipinski definition) is 1. The highest BCUT2D eigenvalue weighted by Crippen LogP contribution is 2.40. The van der Waals surface area contributed by atoms with Crippen LogP contribution in [0.4, 0.5) is 11.4 Å². The first kappa shape index (κ1) is 24.7. The lowest BCUT2D eigenvalue weighted by Gasteiger charge is -2.36. The fourth-order valence-corrected chi connectivity index (χ4v) is 5.03. The number of rotatable bonds is 8. The third-order valence-electron chi connectivity index (χ3n) is 6.94. The maximum absolute atomic E-state index is 12.4. The van der Waals surface area contributed by atoms with Crippen LogP contribution in [0.1, 0.15) is 35.3 Å². The molecule has 37 heavy (non-hydrogen) atoms. The van der Waals surface area contributed by atoms with Gasteiger partial charge in [0.15, 0.2) is 0 Å². The van der Waals surface area contributed by atoms with Crippen molar-refractivity contribution in [3.63, 3.8) is 0 Å². The number of nitrogens with zero attached hydrogens (tertiary/aromatic N) is 1. The third-order valence-corrected chi connectivity index (χ3v) is 6.94. The highest BCUT2D eigenvalue weighted by atomic mass is 16.5. The van der Waals surface area contributed by atoms with Crippen molar-refractivity contribution in [2.75, 3.05) is 32.2 Å². The van der Waals surface area contributed by atoms with Gasteiger partial charge in [0, 0.05) is 11.7 Å². The summed E-state index contributed by atoms with van der Waals surface area (Å²) in [6.45, 7) is 3.67. The number of esters is 1. The molecular formula is C31H32N2O4. The van der Waals surface area contributed by atoms with E-state index in [1.54, 1.807) is 7.11 Å². The molecule has 6 nitrogen and oxygen atoms in total. The Morgan fingerprint density at radius 3 is 2.65 bits per heavy atom. The summed E-state index contributed by atoms with van der Waals surface area (Å²) in [4.78, 5) is 14.6. The third kappa shape index (κ3) is 5.11. The molecular weight excluding hydrogens is 464 g/mol. The van der Waals surface area contributed by atoms with E-state index in [1.165, 1.54) is 23.4 Å². The zero-order chi connectivity index (χ0) is 25.8. The van der Waals surface area contributed by atoms with Gasteiger partial charge in [-0.3, -0.25) is 0 Å². The van der Waals surface area contributed by atoms with Crippen molar-refractivity contribution in [3.8, 4) is 11.5 Å². The van der Waals surface area contributed by atoms with Crippen molar-refractivity contribution in [3.05, 3.63) is 96.1 Å². The minimum atomic E-state index is -0.427. The van der Waals surface area contributed by atoms with E-state index in [4.69, 9.17) is 14.2 Å². The smallest absolute Gasteiger partial charge is 0.341 e. The fourth-order valence-electron chi connectivity index (χ4n) is 5.03. The second kappa shape index (κ2) is 10.9. The molecule has 0 spiro atoms. The molecule has 0 aliphatic carbocycles. The van der Waals surface area contributed by atoms with E-state index in [1.807, 2.05) is 42.5 Å². The summed E-state index contributed by atoms with van der Waals surface area (Å²) < 4.78 is 16.8. The summed E-state index contributed by atoms with van der Waals surface area (Å²) in [7, 11) is 2.93. The minimum Gasteiger partial charge on any atom is -0.496 e. The maximum atomic E-state index is 12.4. The fraction of sp³-hybridized carbons (Fsp3) is 0.258. The molecule has 0 bridgehead atoms. The van der Waals surface area contributed by atoms with Gasteiger partial charge in [-0.25, -0.2) is 4.79 Å². The quantitative estimate of drug-likeness (QED) is 0.290. The summed E-state index contributed by atoms with van der Waals surface area (Å²) in [6.07, 6.45) is 0.811. The van der Waals surface area contributed by atoms with Gasteiger partial charge in [0.2, 0.25) is 0 Å². The van der Waals surface area contributed by atoms with E-state index in [0.29, 0.717) is 17.9 Å². The molecule has 0 saturated carbocycles. The lowest BCUT2D eigenvalue weighted by molar-refractivity contribution is 0.0597. The van der Waals surface area contributed by atoms with Gasteiger partial charge in [-0.1, -0.05) is 54.6 Å². The Morgan fingerprint density at radius 2 is 1.81 bits per heavy atom. The van der Waals surface area contributed by atoms with Crippen LogP contribution in [-0.4, -0.2) is 39.4 Å². The van der Waals surface area contributed by atoms with Crippen molar-refractivity contribution in [1.29, 1.82) is 0 Å². The van der Waals surface area contributed by atoms with Crippen molar-refractivity contribution in [1.82, 2.24) is 5.32 Å². The Morgan fingerprint density at radius 1 is 1.03 bits per heavy atom. The molecule has 0 amide bonds. The number of anilines is 2. The number of nitrogens with one attached hydrogen (secondary N) is 1. The van der Waals surface area contributed by atoms with Gasteiger partial charge in [0.05, 0.1) is 26.5 Å². The van der Waals surface area contributed by atoms with Gasteiger partial charge >= 0.3 is 5.97 Å². The highest BCUT2D eigenvalue weighted by molar-refractivity contribution is 5.94. The van der Waals surface area contributed by atoms with Crippen molar-refractivity contribution >= 4 is 28.1 Å². The van der Waals surface area contributed by atoms with Crippen LogP contribution in [0.15, 0.2) is 84.9 Å². The number of methoxy groups -OCH3 is 2. The summed E-state index contributed by atoms with van der Waals surface area (Å²) in [5.41, 5.74) is 3.55. The van der Waals surface area contributed by atoms with E-state index in [-0.39, 0.29) is 12.1 Å². The number of hydrogen-bond acceptors (Lipinski definition) is 6. The number of ether oxygens (including phenoxy) is 3. The summed E-state index contributed by atoms with van der Waals surface area (Å²) in [5.74, 6) is 0.889. The molecule has 2 unspecified atom stereocenters. The SMILES string of the molecule is COC(=O)c1cc(N2CC(CCNC(C)c3cccc4ccccc34)Oc3ccccc32)ccc1OC.